The van der Waals surface area contributed by atoms with Gasteiger partial charge in [-0.05, 0) is 47.2 Å². The summed E-state index contributed by atoms with van der Waals surface area (Å²) in [5.41, 5.74) is 2.73. The van der Waals surface area contributed by atoms with Gasteiger partial charge < -0.3 is 14.9 Å². The lowest BCUT2D eigenvalue weighted by atomic mass is 9.92. The van der Waals surface area contributed by atoms with E-state index in [0.29, 0.717) is 16.8 Å². The third-order valence-electron chi connectivity index (χ3n) is 6.45. The molecule has 6 nitrogen and oxygen atoms in total. The summed E-state index contributed by atoms with van der Waals surface area (Å²) >= 11 is 0. The molecule has 162 valence electrons. The average molecular weight is 429 g/mol. The summed E-state index contributed by atoms with van der Waals surface area (Å²) in [5, 5.41) is 20.7. The van der Waals surface area contributed by atoms with Gasteiger partial charge in [0.2, 0.25) is 0 Å². The van der Waals surface area contributed by atoms with E-state index in [-0.39, 0.29) is 29.8 Å². The van der Waals surface area contributed by atoms with Crippen molar-refractivity contribution in [1.29, 1.82) is 0 Å². The minimum absolute atomic E-state index is 0.0830. The number of nitrogens with zero attached hydrogens (tertiary/aromatic N) is 1. The molecule has 2 aromatic carbocycles. The number of carbonyl (C=O) groups excluding carboxylic acids is 2. The van der Waals surface area contributed by atoms with Gasteiger partial charge in [0, 0.05) is 11.6 Å². The number of aliphatic hydroxyl groups excluding tert-OH is 2. The van der Waals surface area contributed by atoms with Gasteiger partial charge in [0.25, 0.3) is 11.7 Å². The average Bonchev–Trinajstić information content (AvgIpc) is 3.59. The fourth-order valence-corrected chi connectivity index (χ4v) is 4.71. The Morgan fingerprint density at radius 3 is 2.41 bits per heavy atom. The molecule has 1 aliphatic heterocycles. The fourth-order valence-electron chi connectivity index (χ4n) is 4.71. The second-order valence-electron chi connectivity index (χ2n) is 8.25. The number of hydrogen-bond acceptors (Lipinski definition) is 5. The number of anilines is 1. The summed E-state index contributed by atoms with van der Waals surface area (Å²) < 4.78 is 5.39. The van der Waals surface area contributed by atoms with E-state index in [9.17, 15) is 19.8 Å². The van der Waals surface area contributed by atoms with Crippen molar-refractivity contribution in [3.8, 4) is 0 Å². The Balaban J connectivity index is 1.65. The van der Waals surface area contributed by atoms with Crippen molar-refractivity contribution in [1.82, 2.24) is 0 Å². The monoisotopic (exact) mass is 429 g/mol. The molecule has 0 radical (unpaired) electrons. The van der Waals surface area contributed by atoms with Gasteiger partial charge in [0.15, 0.2) is 0 Å². The number of fused-ring (bicyclic) bond motifs is 1. The molecule has 6 heteroatoms. The van der Waals surface area contributed by atoms with Crippen LogP contribution in [0.2, 0.25) is 0 Å². The lowest BCUT2D eigenvalue weighted by molar-refractivity contribution is -0.132. The molecule has 1 amide bonds. The summed E-state index contributed by atoms with van der Waals surface area (Å²) in [7, 11) is 1.63. The zero-order valence-corrected chi connectivity index (χ0v) is 17.6. The quantitative estimate of drug-likeness (QED) is 0.429. The maximum atomic E-state index is 13.2. The minimum atomic E-state index is -0.748. The fraction of sp³-hybridized carbons (Fsp3) is 0.231. The zero-order valence-electron chi connectivity index (χ0n) is 17.6. The Morgan fingerprint density at radius 2 is 1.75 bits per heavy atom. The van der Waals surface area contributed by atoms with Gasteiger partial charge in [-0.25, -0.2) is 0 Å². The molecule has 0 spiro atoms. The maximum absolute atomic E-state index is 13.2. The molecule has 3 aliphatic rings. The van der Waals surface area contributed by atoms with Crippen LogP contribution in [0.25, 0.3) is 0 Å². The van der Waals surface area contributed by atoms with Gasteiger partial charge in [-0.1, -0.05) is 48.5 Å². The highest BCUT2D eigenvalue weighted by molar-refractivity contribution is 6.51. The van der Waals surface area contributed by atoms with Gasteiger partial charge in [-0.15, -0.1) is 0 Å². The van der Waals surface area contributed by atoms with Gasteiger partial charge in [0.1, 0.15) is 5.76 Å². The van der Waals surface area contributed by atoms with Crippen LogP contribution in [0, 0.1) is 11.8 Å². The first-order valence-corrected chi connectivity index (χ1v) is 10.6. The molecule has 3 unspecified atom stereocenters. The number of rotatable bonds is 5. The summed E-state index contributed by atoms with van der Waals surface area (Å²) in [6, 6.07) is 15.3. The number of aliphatic hydroxyl groups is 2. The molecule has 1 heterocycles. The molecular weight excluding hydrogens is 406 g/mol. The highest BCUT2D eigenvalue weighted by Crippen LogP contribution is 2.54. The number of benzene rings is 2. The van der Waals surface area contributed by atoms with Crippen molar-refractivity contribution in [2.24, 2.45) is 11.8 Å². The summed E-state index contributed by atoms with van der Waals surface area (Å²) in [6.07, 6.45) is 4.45. The van der Waals surface area contributed by atoms with Gasteiger partial charge in [0.05, 0.1) is 31.1 Å². The molecule has 2 fully saturated rings. The molecule has 2 aromatic rings. The zero-order chi connectivity index (χ0) is 22.4. The molecule has 2 N–H and O–H groups in total. The predicted octanol–water partition coefficient (Wildman–Crippen LogP) is 3.75. The van der Waals surface area contributed by atoms with Crippen molar-refractivity contribution in [3.05, 3.63) is 101 Å². The SMILES string of the molecule is COC1=CC=C(/C(O)=C2/C(=O)C(=O)N(c3ccc(CO)cc3)C2c2ccccc2)C2CC12. The van der Waals surface area contributed by atoms with Crippen molar-refractivity contribution >= 4 is 17.4 Å². The minimum Gasteiger partial charge on any atom is -0.507 e. The molecule has 3 atom stereocenters. The number of ketones is 1. The topological polar surface area (TPSA) is 87.1 Å². The number of carbonyl (C=O) groups is 2. The normalized spacial score (nSPS) is 25.8. The smallest absolute Gasteiger partial charge is 0.300 e. The Morgan fingerprint density at radius 1 is 1.03 bits per heavy atom. The molecular formula is C26H23NO5. The van der Waals surface area contributed by atoms with Crippen LogP contribution in [0.5, 0.6) is 0 Å². The van der Waals surface area contributed by atoms with Crippen LogP contribution >= 0.6 is 0 Å². The highest BCUT2D eigenvalue weighted by Gasteiger charge is 2.51. The largest absolute Gasteiger partial charge is 0.507 e. The molecule has 32 heavy (non-hydrogen) atoms. The van der Waals surface area contributed by atoms with E-state index in [1.54, 1.807) is 37.5 Å². The third kappa shape index (κ3) is 3.15. The van der Waals surface area contributed by atoms with E-state index in [0.717, 1.165) is 17.7 Å². The number of ether oxygens (including phenoxy) is 1. The molecule has 2 aliphatic carbocycles. The molecule has 0 bridgehead atoms. The lowest BCUT2D eigenvalue weighted by Gasteiger charge is -2.26. The van der Waals surface area contributed by atoms with Crippen LogP contribution < -0.4 is 4.90 Å². The van der Waals surface area contributed by atoms with Gasteiger partial charge in [-0.2, -0.15) is 0 Å². The lowest BCUT2D eigenvalue weighted by Crippen LogP contribution is -2.29. The first kappa shape index (κ1) is 20.3. The van der Waals surface area contributed by atoms with Gasteiger partial charge >= 0.3 is 0 Å². The van der Waals surface area contributed by atoms with Crippen LogP contribution in [-0.2, 0) is 20.9 Å². The second-order valence-corrected chi connectivity index (χ2v) is 8.25. The Kier molecular flexibility index (Phi) is 4.94. The van der Waals surface area contributed by atoms with Crippen molar-refractivity contribution < 1.29 is 24.5 Å². The molecule has 1 saturated carbocycles. The molecule has 1 saturated heterocycles. The van der Waals surface area contributed by atoms with Crippen LogP contribution in [-0.4, -0.2) is 29.0 Å². The molecule has 0 aromatic heterocycles. The van der Waals surface area contributed by atoms with Gasteiger partial charge in [-0.3, -0.25) is 14.5 Å². The van der Waals surface area contributed by atoms with Crippen LogP contribution in [0.3, 0.4) is 0 Å². The van der Waals surface area contributed by atoms with Crippen LogP contribution in [0.4, 0.5) is 5.69 Å². The number of Topliss-reactive ketones (excluding diaryl/α,β-unsaturated/α-hetero) is 1. The first-order chi connectivity index (χ1) is 15.5. The van der Waals surface area contributed by atoms with E-state index in [2.05, 4.69) is 0 Å². The van der Waals surface area contributed by atoms with Crippen molar-refractivity contribution in [3.63, 3.8) is 0 Å². The Labute approximate surface area is 185 Å². The van der Waals surface area contributed by atoms with E-state index < -0.39 is 17.7 Å². The van der Waals surface area contributed by atoms with E-state index in [1.165, 1.54) is 4.90 Å². The number of methoxy groups -OCH3 is 1. The van der Waals surface area contributed by atoms with Crippen molar-refractivity contribution in [2.75, 3.05) is 12.0 Å². The standard InChI is InChI=1S/C26H23NO5/c1-32-21-12-11-18(19-13-20(19)21)24(29)22-23(16-5-3-2-4-6-16)27(26(31)25(22)30)17-9-7-15(14-28)8-10-17/h2-12,19-20,23,28-29H,13-14H2,1H3/b24-22-. The van der Waals surface area contributed by atoms with Crippen molar-refractivity contribution in [2.45, 2.75) is 19.1 Å². The second kappa shape index (κ2) is 7.80. The van der Waals surface area contributed by atoms with E-state index in [4.69, 9.17) is 4.74 Å². The number of amides is 1. The Bertz CT molecular complexity index is 1180. The maximum Gasteiger partial charge on any atom is 0.300 e. The summed E-state index contributed by atoms with van der Waals surface area (Å²) in [5.74, 6) is -0.357. The predicted molar refractivity (Wildman–Crippen MR) is 118 cm³/mol. The highest BCUT2D eigenvalue weighted by atomic mass is 16.5. The van der Waals surface area contributed by atoms with Crippen LogP contribution in [0.15, 0.2) is 89.4 Å². The first-order valence-electron chi connectivity index (χ1n) is 10.6. The summed E-state index contributed by atoms with van der Waals surface area (Å²) in [6.45, 7) is -0.116. The third-order valence-corrected chi connectivity index (χ3v) is 6.45. The van der Waals surface area contributed by atoms with E-state index in [1.807, 2.05) is 36.4 Å². The van der Waals surface area contributed by atoms with Crippen LogP contribution in [0.1, 0.15) is 23.6 Å². The number of hydrogen-bond donors (Lipinski definition) is 2. The number of allylic oxidation sites excluding steroid dienone is 4. The van der Waals surface area contributed by atoms with E-state index >= 15 is 0 Å². The summed E-state index contributed by atoms with van der Waals surface area (Å²) in [4.78, 5) is 27.8. The Hall–Kier alpha value is -3.64. The molecule has 5 rings (SSSR count).